The quantitative estimate of drug-likeness (QED) is 0.0441. The first kappa shape index (κ1) is 54.0. The maximum atomic E-state index is 15.7. The maximum absolute atomic E-state index is 15.7. The van der Waals surface area contributed by atoms with E-state index in [1.807, 2.05) is 0 Å². The number of benzene rings is 3. The number of fused-ring (bicyclic) bond motifs is 5. The molecule has 2 saturated carbocycles. The Balaban J connectivity index is 1.39. The van der Waals surface area contributed by atoms with Gasteiger partial charge in [0.15, 0.2) is 17.5 Å². The summed E-state index contributed by atoms with van der Waals surface area (Å²) in [5.74, 6) is -6.42. The SMILES string of the molecule is CC(=O)O[C@H]1C(=O)[C@@]2(C)C([C@H](OC(=O)c3ccccc3)[C@]3(O)C[C@H](OC(=O)[C@H](OC(=O)OCCSSCCO)[C@@H](NC(=O)c4ccccc4)c4ccccc4)C(C)=C1C3(C)C)[C@]1(OC(C)=O)CO[C@@H]1C[C@@H]2O. The number of aliphatic hydroxyl groups is 3. The Kier molecular flexibility index (Phi) is 16.6. The minimum absolute atomic E-state index is 0.0377. The number of nitrogens with one attached hydrogen (secondary N) is 1. The summed E-state index contributed by atoms with van der Waals surface area (Å²) >= 11 is 0. The average Bonchev–Trinajstić information content (AvgIpc) is 3.35. The van der Waals surface area contributed by atoms with Crippen molar-refractivity contribution in [2.75, 3.05) is 31.3 Å². The number of ketones is 1. The second-order valence-electron chi connectivity index (χ2n) is 18.9. The van der Waals surface area contributed by atoms with Crippen molar-refractivity contribution >= 4 is 63.3 Å². The standard InChI is InChI=1S/C52H59NO17S2/c1-29-35(67-47(61)41(68-48(62)64-23-25-72-71-24-22-54)39(32-16-10-7-11-17-32)53-45(59)33-18-12-8-13-19-33)27-52(63)44(69-46(60)34-20-14-9-15-21-34)42-50(6,36(57)26-37-51(42,28-65-37)70-31(3)56)43(58)40(66-30(2)55)38(29)49(52,4)5/h7-21,35-37,39-42,44,54,57,63H,22-28H2,1-6H3,(H,53,59)/t35-,36-,37+,39-,40+,41+,42?,44-,50+,51-,52+/m0/s1. The van der Waals surface area contributed by atoms with E-state index in [1.165, 1.54) is 59.7 Å². The molecule has 0 aromatic heterocycles. The van der Waals surface area contributed by atoms with Gasteiger partial charge in [-0.15, -0.1) is 0 Å². The van der Waals surface area contributed by atoms with Gasteiger partial charge in [0.2, 0.25) is 6.10 Å². The molecular formula is C52H59NO17S2. The van der Waals surface area contributed by atoms with Crippen LogP contribution in [0.4, 0.5) is 4.79 Å². The molecule has 1 saturated heterocycles. The molecule has 4 aliphatic rings. The normalized spacial score (nSPS) is 28.9. The third kappa shape index (κ3) is 10.4. The van der Waals surface area contributed by atoms with E-state index in [2.05, 4.69) is 5.32 Å². The van der Waals surface area contributed by atoms with Crippen LogP contribution in [-0.2, 0) is 52.3 Å². The number of Topliss-reactive ketones (excluding diaryl/α,β-unsaturated/α-hetero) is 1. The van der Waals surface area contributed by atoms with Gasteiger partial charge in [-0.1, -0.05) is 102 Å². The van der Waals surface area contributed by atoms with Crippen LogP contribution in [-0.4, -0.2) is 136 Å². The van der Waals surface area contributed by atoms with E-state index in [4.69, 9.17) is 38.3 Å². The molecule has 0 radical (unpaired) electrons. The second kappa shape index (κ2) is 22.1. The van der Waals surface area contributed by atoms with Gasteiger partial charge in [0.1, 0.15) is 36.6 Å². The number of carbonyl (C=O) groups excluding carboxylic acids is 7. The summed E-state index contributed by atoms with van der Waals surface area (Å²) in [5.41, 5.74) is -7.56. The maximum Gasteiger partial charge on any atom is 0.509 e. The molecule has 1 amide bonds. The Labute approximate surface area is 424 Å². The van der Waals surface area contributed by atoms with E-state index < -0.39 is 119 Å². The van der Waals surface area contributed by atoms with Crippen molar-refractivity contribution in [2.45, 2.75) is 108 Å². The van der Waals surface area contributed by atoms with Gasteiger partial charge in [0.05, 0.1) is 36.2 Å². The molecule has 4 N–H and O–H groups in total. The van der Waals surface area contributed by atoms with Crippen LogP contribution in [0.5, 0.6) is 0 Å². The summed E-state index contributed by atoms with van der Waals surface area (Å²) in [6, 6.07) is 22.5. The molecule has 18 nitrogen and oxygen atoms in total. The molecular weight excluding hydrogens is 975 g/mol. The van der Waals surface area contributed by atoms with Crippen LogP contribution in [0.15, 0.2) is 102 Å². The van der Waals surface area contributed by atoms with Crippen LogP contribution >= 0.6 is 21.6 Å². The van der Waals surface area contributed by atoms with E-state index >= 15 is 9.59 Å². The van der Waals surface area contributed by atoms with E-state index in [0.717, 1.165) is 13.8 Å². The molecule has 386 valence electrons. The number of amides is 1. The lowest BCUT2D eigenvalue weighted by Crippen LogP contribution is -2.82. The molecule has 3 aromatic carbocycles. The predicted octanol–water partition coefficient (Wildman–Crippen LogP) is 5.27. The zero-order valence-corrected chi connectivity index (χ0v) is 42.2. The van der Waals surface area contributed by atoms with Crippen molar-refractivity contribution in [1.29, 1.82) is 0 Å². The largest absolute Gasteiger partial charge is 0.509 e. The fourth-order valence-corrected chi connectivity index (χ4v) is 12.3. The highest BCUT2D eigenvalue weighted by Gasteiger charge is 2.78. The van der Waals surface area contributed by atoms with Crippen molar-refractivity contribution < 1.29 is 82.0 Å². The van der Waals surface area contributed by atoms with Gasteiger partial charge < -0.3 is 53.8 Å². The van der Waals surface area contributed by atoms with Crippen LogP contribution < -0.4 is 5.32 Å². The van der Waals surface area contributed by atoms with E-state index in [9.17, 15) is 34.2 Å². The molecule has 0 spiro atoms. The number of hydrogen-bond donors (Lipinski definition) is 4. The third-order valence-corrected chi connectivity index (χ3v) is 16.7. The summed E-state index contributed by atoms with van der Waals surface area (Å²) in [4.78, 5) is 99.2. The molecule has 2 bridgehead atoms. The summed E-state index contributed by atoms with van der Waals surface area (Å²) in [7, 11) is 2.67. The van der Waals surface area contributed by atoms with E-state index in [1.54, 1.807) is 80.6 Å². The molecule has 3 aromatic rings. The highest BCUT2D eigenvalue weighted by atomic mass is 33.1. The summed E-state index contributed by atoms with van der Waals surface area (Å²) in [6.45, 7) is 7.60. The number of rotatable bonds is 17. The Morgan fingerprint density at radius 3 is 2.03 bits per heavy atom. The molecule has 11 atom stereocenters. The van der Waals surface area contributed by atoms with Crippen molar-refractivity contribution in [2.24, 2.45) is 16.7 Å². The first-order chi connectivity index (χ1) is 34.2. The van der Waals surface area contributed by atoms with Gasteiger partial charge in [-0.25, -0.2) is 14.4 Å². The lowest BCUT2D eigenvalue weighted by atomic mass is 9.44. The van der Waals surface area contributed by atoms with Crippen molar-refractivity contribution in [3.8, 4) is 0 Å². The lowest BCUT2D eigenvalue weighted by molar-refractivity contribution is -0.346. The number of hydrogen-bond acceptors (Lipinski definition) is 19. The lowest BCUT2D eigenvalue weighted by Gasteiger charge is -2.67. The fourth-order valence-electron chi connectivity index (χ4n) is 10.7. The predicted molar refractivity (Wildman–Crippen MR) is 260 cm³/mol. The fraction of sp³-hybridized carbons (Fsp3) is 0.481. The number of carbonyl (C=O) groups is 7. The topological polar surface area (TPSA) is 257 Å². The second-order valence-corrected chi connectivity index (χ2v) is 21.6. The Hall–Kier alpha value is -5.77. The molecule has 20 heteroatoms. The van der Waals surface area contributed by atoms with Crippen LogP contribution in [0.3, 0.4) is 0 Å². The van der Waals surface area contributed by atoms with Gasteiger partial charge in [0, 0.05) is 49.2 Å². The summed E-state index contributed by atoms with van der Waals surface area (Å²) in [5, 5.41) is 38.1. The summed E-state index contributed by atoms with van der Waals surface area (Å²) in [6.07, 6.45) is -12.2. The Bertz CT molecular complexity index is 2550. The minimum Gasteiger partial charge on any atom is -0.455 e. The Morgan fingerprint density at radius 2 is 1.44 bits per heavy atom. The van der Waals surface area contributed by atoms with Crippen LogP contribution in [0.2, 0.25) is 0 Å². The Morgan fingerprint density at radius 1 is 0.833 bits per heavy atom. The van der Waals surface area contributed by atoms with Gasteiger partial charge in [0.25, 0.3) is 5.91 Å². The zero-order valence-electron chi connectivity index (χ0n) is 40.6. The molecule has 1 unspecified atom stereocenters. The van der Waals surface area contributed by atoms with Crippen LogP contribution in [0, 0.1) is 16.7 Å². The van der Waals surface area contributed by atoms with Crippen molar-refractivity contribution in [3.63, 3.8) is 0 Å². The number of ether oxygens (including phenoxy) is 7. The first-order valence-corrected chi connectivity index (χ1v) is 25.9. The third-order valence-electron chi connectivity index (χ3n) is 14.3. The zero-order chi connectivity index (χ0) is 52.2. The van der Waals surface area contributed by atoms with E-state index in [-0.39, 0.29) is 54.3 Å². The average molecular weight is 1030 g/mol. The van der Waals surface area contributed by atoms with E-state index in [0.29, 0.717) is 11.3 Å². The van der Waals surface area contributed by atoms with Crippen molar-refractivity contribution in [3.05, 3.63) is 119 Å². The molecule has 72 heavy (non-hydrogen) atoms. The van der Waals surface area contributed by atoms with Crippen LogP contribution in [0.25, 0.3) is 0 Å². The van der Waals surface area contributed by atoms with Gasteiger partial charge >= 0.3 is 30.0 Å². The van der Waals surface area contributed by atoms with Crippen LogP contribution in [0.1, 0.15) is 86.7 Å². The first-order valence-electron chi connectivity index (χ1n) is 23.4. The summed E-state index contributed by atoms with van der Waals surface area (Å²) < 4.78 is 41.9. The van der Waals surface area contributed by atoms with Gasteiger partial charge in [-0.3, -0.25) is 19.2 Å². The highest BCUT2D eigenvalue weighted by Crippen LogP contribution is 2.64. The minimum atomic E-state index is -2.48. The molecule has 1 heterocycles. The van der Waals surface area contributed by atoms with Crippen molar-refractivity contribution in [1.82, 2.24) is 5.32 Å². The highest BCUT2D eigenvalue weighted by molar-refractivity contribution is 8.76. The van der Waals surface area contributed by atoms with Gasteiger partial charge in [-0.2, -0.15) is 0 Å². The number of esters is 4. The molecule has 3 fully saturated rings. The van der Waals surface area contributed by atoms with Gasteiger partial charge in [-0.05, 0) is 54.8 Å². The molecule has 7 rings (SSSR count). The molecule has 3 aliphatic carbocycles. The molecule has 1 aliphatic heterocycles. The smallest absolute Gasteiger partial charge is 0.455 e. The monoisotopic (exact) mass is 1030 g/mol. The number of aliphatic hydroxyl groups excluding tert-OH is 2.